The fraction of sp³-hybridized carbons (Fsp3) is 0.292. The standard InChI is InChI=1S/C24H21Cl2FN4O2/c1-14(23-18(25)12-28-13-19(23)26)33-16-6-7-20-17(10-16)24(15-5-8-21(27)29-11-15)30-31(20)22-4-2-3-9-32-22/h5-8,10-14,22H,2-4,9H2,1H3/t14-,22?/m1/s1. The fourth-order valence-electron chi connectivity index (χ4n) is 4.13. The topological polar surface area (TPSA) is 62.1 Å². The van der Waals surface area contributed by atoms with E-state index in [2.05, 4.69) is 9.97 Å². The molecule has 0 radical (unpaired) electrons. The van der Waals surface area contributed by atoms with Crippen molar-refractivity contribution in [2.45, 2.75) is 38.5 Å². The Labute approximate surface area is 200 Å². The molecular formula is C24H21Cl2FN4O2. The van der Waals surface area contributed by atoms with Gasteiger partial charge in [0, 0.05) is 41.7 Å². The molecule has 1 saturated heterocycles. The molecule has 4 aromatic rings. The third-order valence-electron chi connectivity index (χ3n) is 5.72. The number of hydrogen-bond acceptors (Lipinski definition) is 5. The van der Waals surface area contributed by atoms with Crippen LogP contribution in [0.5, 0.6) is 5.75 Å². The number of rotatable bonds is 5. The molecule has 33 heavy (non-hydrogen) atoms. The SMILES string of the molecule is C[C@@H](Oc1ccc2c(c1)c(-c1ccc(F)nc1)nn2C1CCCCO1)c1c(Cl)cncc1Cl. The van der Waals surface area contributed by atoms with E-state index in [1.165, 1.54) is 12.3 Å². The summed E-state index contributed by atoms with van der Waals surface area (Å²) in [5, 5.41) is 6.58. The molecule has 3 aromatic heterocycles. The number of ether oxygens (including phenoxy) is 2. The summed E-state index contributed by atoms with van der Waals surface area (Å²) in [6.45, 7) is 2.58. The number of benzene rings is 1. The smallest absolute Gasteiger partial charge is 0.212 e. The summed E-state index contributed by atoms with van der Waals surface area (Å²) in [6.07, 6.45) is 7.01. The van der Waals surface area contributed by atoms with Crippen molar-refractivity contribution >= 4 is 34.1 Å². The van der Waals surface area contributed by atoms with Crippen molar-refractivity contribution in [3.63, 3.8) is 0 Å². The van der Waals surface area contributed by atoms with Gasteiger partial charge < -0.3 is 9.47 Å². The van der Waals surface area contributed by atoms with Crippen molar-refractivity contribution in [2.75, 3.05) is 6.61 Å². The van der Waals surface area contributed by atoms with Gasteiger partial charge in [-0.2, -0.15) is 9.49 Å². The third kappa shape index (κ3) is 4.40. The maximum absolute atomic E-state index is 13.4. The van der Waals surface area contributed by atoms with Gasteiger partial charge in [0.1, 0.15) is 17.5 Å². The van der Waals surface area contributed by atoms with Crippen LogP contribution in [-0.2, 0) is 4.74 Å². The van der Waals surface area contributed by atoms with E-state index in [1.54, 1.807) is 18.5 Å². The van der Waals surface area contributed by atoms with Gasteiger partial charge in [0.05, 0.1) is 15.6 Å². The molecule has 0 bridgehead atoms. The van der Waals surface area contributed by atoms with Crippen LogP contribution in [0.25, 0.3) is 22.2 Å². The van der Waals surface area contributed by atoms with E-state index in [-0.39, 0.29) is 6.23 Å². The van der Waals surface area contributed by atoms with Gasteiger partial charge in [-0.25, -0.2) is 9.67 Å². The minimum atomic E-state index is -0.540. The predicted molar refractivity (Wildman–Crippen MR) is 125 cm³/mol. The molecule has 170 valence electrons. The summed E-state index contributed by atoms with van der Waals surface area (Å²) in [7, 11) is 0. The van der Waals surface area contributed by atoms with Gasteiger partial charge in [-0.1, -0.05) is 23.2 Å². The van der Waals surface area contributed by atoms with E-state index in [0.717, 1.165) is 30.2 Å². The van der Waals surface area contributed by atoms with Crippen molar-refractivity contribution in [3.8, 4) is 17.0 Å². The predicted octanol–water partition coefficient (Wildman–Crippen LogP) is 6.78. The van der Waals surface area contributed by atoms with Gasteiger partial charge in [-0.3, -0.25) is 4.98 Å². The zero-order chi connectivity index (χ0) is 22.9. The average molecular weight is 487 g/mol. The Morgan fingerprint density at radius 3 is 2.64 bits per heavy atom. The number of halogens is 3. The number of hydrogen-bond donors (Lipinski definition) is 0. The highest BCUT2D eigenvalue weighted by atomic mass is 35.5. The highest BCUT2D eigenvalue weighted by Gasteiger charge is 2.23. The molecule has 0 N–H and O–H groups in total. The van der Waals surface area contributed by atoms with Gasteiger partial charge in [0.25, 0.3) is 0 Å². The summed E-state index contributed by atoms with van der Waals surface area (Å²) >= 11 is 12.6. The molecule has 1 unspecified atom stereocenters. The molecule has 1 fully saturated rings. The number of nitrogens with zero attached hydrogens (tertiary/aromatic N) is 4. The molecule has 1 aliphatic heterocycles. The molecule has 9 heteroatoms. The van der Waals surface area contributed by atoms with E-state index >= 15 is 0 Å². The van der Waals surface area contributed by atoms with Gasteiger partial charge >= 0.3 is 0 Å². The first-order chi connectivity index (χ1) is 16.0. The van der Waals surface area contributed by atoms with E-state index < -0.39 is 12.1 Å². The summed E-state index contributed by atoms with van der Waals surface area (Å²) in [5.41, 5.74) is 2.97. The molecule has 1 aliphatic rings. The van der Waals surface area contributed by atoms with Crippen LogP contribution in [0.15, 0.2) is 48.9 Å². The molecular weight excluding hydrogens is 466 g/mol. The molecule has 0 aliphatic carbocycles. The van der Waals surface area contributed by atoms with Crippen LogP contribution in [0.3, 0.4) is 0 Å². The van der Waals surface area contributed by atoms with Crippen LogP contribution < -0.4 is 4.74 Å². The Hall–Kier alpha value is -2.74. The number of pyridine rings is 2. The van der Waals surface area contributed by atoms with Crippen LogP contribution >= 0.6 is 23.2 Å². The highest BCUT2D eigenvalue weighted by molar-refractivity contribution is 6.35. The van der Waals surface area contributed by atoms with Crippen LogP contribution in [0.1, 0.15) is 44.1 Å². The zero-order valence-corrected chi connectivity index (χ0v) is 19.4. The maximum atomic E-state index is 13.4. The second kappa shape index (κ2) is 9.25. The highest BCUT2D eigenvalue weighted by Crippen LogP contribution is 2.37. The van der Waals surface area contributed by atoms with Crippen LogP contribution in [0.4, 0.5) is 4.39 Å². The number of fused-ring (bicyclic) bond motifs is 1. The van der Waals surface area contributed by atoms with Crippen molar-refractivity contribution in [1.29, 1.82) is 0 Å². The fourth-order valence-corrected chi connectivity index (χ4v) is 4.80. The second-order valence-corrected chi connectivity index (χ2v) is 8.75. The monoisotopic (exact) mass is 486 g/mol. The average Bonchev–Trinajstić information content (AvgIpc) is 3.19. The molecule has 5 rings (SSSR count). The summed E-state index contributed by atoms with van der Waals surface area (Å²) < 4.78 is 27.5. The number of aromatic nitrogens is 4. The minimum absolute atomic E-state index is 0.150. The Morgan fingerprint density at radius 2 is 1.94 bits per heavy atom. The third-order valence-corrected chi connectivity index (χ3v) is 6.32. The van der Waals surface area contributed by atoms with Gasteiger partial charge in [0.15, 0.2) is 6.23 Å². The Balaban J connectivity index is 1.57. The summed E-state index contributed by atoms with van der Waals surface area (Å²) in [5.74, 6) is 0.0847. The first kappa shape index (κ1) is 22.1. The van der Waals surface area contributed by atoms with Crippen LogP contribution in [0, 0.1) is 5.95 Å². The van der Waals surface area contributed by atoms with Crippen molar-refractivity contribution < 1.29 is 13.9 Å². The van der Waals surface area contributed by atoms with Crippen LogP contribution in [0.2, 0.25) is 10.0 Å². The lowest BCUT2D eigenvalue weighted by molar-refractivity contribution is -0.0365. The Kier molecular flexibility index (Phi) is 6.19. The summed E-state index contributed by atoms with van der Waals surface area (Å²) in [6, 6.07) is 8.75. The van der Waals surface area contributed by atoms with E-state index in [4.69, 9.17) is 37.8 Å². The Bertz CT molecular complexity index is 1270. The molecule has 0 amide bonds. The van der Waals surface area contributed by atoms with Crippen molar-refractivity contribution in [1.82, 2.24) is 19.7 Å². The van der Waals surface area contributed by atoms with Gasteiger partial charge in [-0.05, 0) is 56.5 Å². The maximum Gasteiger partial charge on any atom is 0.212 e. The largest absolute Gasteiger partial charge is 0.486 e. The second-order valence-electron chi connectivity index (χ2n) is 7.94. The lowest BCUT2D eigenvalue weighted by Gasteiger charge is -2.23. The molecule has 0 saturated carbocycles. The molecule has 4 heterocycles. The quantitative estimate of drug-likeness (QED) is 0.291. The molecule has 0 spiro atoms. The van der Waals surface area contributed by atoms with E-state index in [9.17, 15) is 4.39 Å². The minimum Gasteiger partial charge on any atom is -0.486 e. The lowest BCUT2D eigenvalue weighted by Crippen LogP contribution is -2.19. The first-order valence-electron chi connectivity index (χ1n) is 10.7. The molecule has 2 atom stereocenters. The Morgan fingerprint density at radius 1 is 1.12 bits per heavy atom. The van der Waals surface area contributed by atoms with Crippen molar-refractivity contribution in [3.05, 3.63) is 70.5 Å². The van der Waals surface area contributed by atoms with Gasteiger partial charge in [-0.15, -0.1) is 0 Å². The zero-order valence-electron chi connectivity index (χ0n) is 17.8. The normalized spacial score (nSPS) is 17.3. The van der Waals surface area contributed by atoms with Crippen LogP contribution in [-0.4, -0.2) is 26.4 Å². The molecule has 6 nitrogen and oxygen atoms in total. The summed E-state index contributed by atoms with van der Waals surface area (Å²) in [4.78, 5) is 7.80. The van der Waals surface area contributed by atoms with Gasteiger partial charge in [0.2, 0.25) is 5.95 Å². The molecule has 1 aromatic carbocycles. The van der Waals surface area contributed by atoms with Crippen molar-refractivity contribution in [2.24, 2.45) is 0 Å². The lowest BCUT2D eigenvalue weighted by atomic mass is 10.1. The van der Waals surface area contributed by atoms with E-state index in [1.807, 2.05) is 29.8 Å². The van der Waals surface area contributed by atoms with E-state index in [0.29, 0.717) is 39.2 Å². The first-order valence-corrected chi connectivity index (χ1v) is 11.5.